The molecular weight excluding hydrogens is 307 g/mol. The van der Waals surface area contributed by atoms with Crippen molar-refractivity contribution in [1.29, 1.82) is 0 Å². The third kappa shape index (κ3) is 2.58. The number of ether oxygens (including phenoxy) is 1. The molecule has 114 valence electrons. The molecule has 0 amide bonds. The molecule has 1 aromatic rings. The van der Waals surface area contributed by atoms with Crippen LogP contribution in [0.1, 0.15) is 13.2 Å². The summed E-state index contributed by atoms with van der Waals surface area (Å²) < 4.78 is 20.7. The van der Waals surface area contributed by atoms with E-state index >= 15 is 0 Å². The summed E-state index contributed by atoms with van der Waals surface area (Å²) in [5.74, 6) is 1.79. The Kier molecular flexibility index (Phi) is 4.15. The van der Waals surface area contributed by atoms with Crippen molar-refractivity contribution < 1.29 is 19.3 Å². The normalized spacial score (nSPS) is 33.3. The number of hydrogen-bond acceptors (Lipinski definition) is 7. The number of nitrogens with two attached hydrogens (primary N) is 1. The Labute approximate surface area is 123 Å². The van der Waals surface area contributed by atoms with E-state index in [1.807, 2.05) is 11.3 Å². The van der Waals surface area contributed by atoms with Crippen LogP contribution in [0, 0.1) is 11.3 Å². The number of halogens is 2. The van der Waals surface area contributed by atoms with Gasteiger partial charge < -0.3 is 20.7 Å². The SMILES string of the molecule is C[C@@H](O)[C@H]1O[C@@H](n2ncc(N)nc2=O)[C@@](F)(C#CCl)C1O. The third-order valence-electron chi connectivity index (χ3n) is 3.06. The summed E-state index contributed by atoms with van der Waals surface area (Å²) in [6.07, 6.45) is -5.07. The highest BCUT2D eigenvalue weighted by molar-refractivity contribution is 6.30. The first-order chi connectivity index (χ1) is 9.81. The van der Waals surface area contributed by atoms with Crippen LogP contribution in [-0.4, -0.2) is 49.0 Å². The van der Waals surface area contributed by atoms with E-state index < -0.39 is 35.9 Å². The van der Waals surface area contributed by atoms with Gasteiger partial charge in [-0.25, -0.2) is 9.18 Å². The van der Waals surface area contributed by atoms with Gasteiger partial charge in [-0.1, -0.05) is 0 Å². The largest absolute Gasteiger partial charge is 0.391 e. The molecule has 1 aliphatic heterocycles. The quantitative estimate of drug-likeness (QED) is 0.583. The number of aliphatic hydroxyl groups excluding tert-OH is 2. The molecule has 10 heteroatoms. The number of nitrogens with zero attached hydrogens (tertiary/aromatic N) is 3. The highest BCUT2D eigenvalue weighted by Crippen LogP contribution is 2.41. The maximum absolute atomic E-state index is 14.9. The van der Waals surface area contributed by atoms with Crippen molar-refractivity contribution in [2.24, 2.45) is 0 Å². The number of alkyl halides is 1. The maximum atomic E-state index is 14.9. The van der Waals surface area contributed by atoms with Crippen LogP contribution in [0.3, 0.4) is 0 Å². The molecule has 21 heavy (non-hydrogen) atoms. The molecule has 0 aliphatic carbocycles. The van der Waals surface area contributed by atoms with Gasteiger partial charge in [0.25, 0.3) is 0 Å². The van der Waals surface area contributed by atoms with Crippen molar-refractivity contribution in [1.82, 2.24) is 14.8 Å². The van der Waals surface area contributed by atoms with Gasteiger partial charge in [-0.05, 0) is 24.4 Å². The number of nitrogen functional groups attached to an aromatic ring is 1. The zero-order valence-electron chi connectivity index (χ0n) is 10.8. The number of rotatable bonds is 2. The predicted octanol–water partition coefficient (Wildman–Crippen LogP) is -1.23. The Morgan fingerprint density at radius 2 is 2.38 bits per heavy atom. The fourth-order valence-corrected chi connectivity index (χ4v) is 2.20. The lowest BCUT2D eigenvalue weighted by atomic mass is 9.95. The van der Waals surface area contributed by atoms with Gasteiger partial charge >= 0.3 is 5.69 Å². The summed E-state index contributed by atoms with van der Waals surface area (Å²) in [5.41, 5.74) is 1.57. The molecule has 0 radical (unpaired) electrons. The Morgan fingerprint density at radius 1 is 1.71 bits per heavy atom. The number of aromatic nitrogens is 3. The van der Waals surface area contributed by atoms with Crippen LogP contribution >= 0.6 is 11.6 Å². The van der Waals surface area contributed by atoms with Gasteiger partial charge in [0.2, 0.25) is 11.9 Å². The monoisotopic (exact) mass is 318 g/mol. The molecule has 5 atom stereocenters. The van der Waals surface area contributed by atoms with Crippen LogP contribution in [0.5, 0.6) is 0 Å². The molecule has 2 rings (SSSR count). The van der Waals surface area contributed by atoms with Crippen LogP contribution in [0.15, 0.2) is 11.0 Å². The highest BCUT2D eigenvalue weighted by Gasteiger charge is 2.59. The molecular formula is C11H12ClFN4O4. The van der Waals surface area contributed by atoms with E-state index in [0.29, 0.717) is 4.68 Å². The van der Waals surface area contributed by atoms with E-state index in [1.165, 1.54) is 6.92 Å². The molecule has 4 N–H and O–H groups in total. The van der Waals surface area contributed by atoms with Crippen LogP contribution < -0.4 is 11.4 Å². The van der Waals surface area contributed by atoms with Crippen LogP contribution in [0.2, 0.25) is 0 Å². The maximum Gasteiger partial charge on any atom is 0.368 e. The van der Waals surface area contributed by atoms with Gasteiger partial charge in [-0.15, -0.1) is 0 Å². The Hall–Kier alpha value is -1.73. The summed E-state index contributed by atoms with van der Waals surface area (Å²) in [4.78, 5) is 15.1. The zero-order valence-corrected chi connectivity index (χ0v) is 11.5. The average molecular weight is 319 g/mol. The van der Waals surface area contributed by atoms with E-state index in [1.54, 1.807) is 0 Å². The van der Waals surface area contributed by atoms with Crippen molar-refractivity contribution in [2.75, 3.05) is 5.73 Å². The third-order valence-corrected chi connectivity index (χ3v) is 3.15. The Balaban J connectivity index is 2.54. The lowest BCUT2D eigenvalue weighted by Gasteiger charge is -2.22. The minimum Gasteiger partial charge on any atom is -0.391 e. The van der Waals surface area contributed by atoms with Crippen LogP contribution in [0.4, 0.5) is 10.2 Å². The van der Waals surface area contributed by atoms with Gasteiger partial charge in [-0.3, -0.25) is 0 Å². The molecule has 0 spiro atoms. The first kappa shape index (κ1) is 15.7. The lowest BCUT2D eigenvalue weighted by molar-refractivity contribution is -0.0849. The molecule has 2 heterocycles. The fraction of sp³-hybridized carbons (Fsp3) is 0.545. The van der Waals surface area contributed by atoms with E-state index in [0.717, 1.165) is 6.20 Å². The van der Waals surface area contributed by atoms with E-state index in [4.69, 9.17) is 22.1 Å². The van der Waals surface area contributed by atoms with Crippen LogP contribution in [-0.2, 0) is 4.74 Å². The first-order valence-electron chi connectivity index (χ1n) is 5.86. The van der Waals surface area contributed by atoms with Gasteiger partial charge in [0, 0.05) is 5.38 Å². The standard InChI is InChI=1S/C11H12ClFN4O4/c1-5(18)7-8(19)11(13,2-3-12)9(21-7)17-10(20)16-6(14)4-15-17/h4-5,7-9,18-19H,1H3,(H2,14,16,20)/t5-,7-,8?,9-,11-/m1/s1. The van der Waals surface area contributed by atoms with Crippen molar-refractivity contribution in [3.63, 3.8) is 0 Å². The Morgan fingerprint density at radius 3 is 2.90 bits per heavy atom. The van der Waals surface area contributed by atoms with Gasteiger partial charge in [0.1, 0.15) is 18.0 Å². The second-order valence-electron chi connectivity index (χ2n) is 4.53. The highest BCUT2D eigenvalue weighted by atomic mass is 35.5. The number of aliphatic hydroxyl groups is 2. The number of hydrogen-bond donors (Lipinski definition) is 3. The minimum absolute atomic E-state index is 0.158. The van der Waals surface area contributed by atoms with Gasteiger partial charge in [-0.2, -0.15) is 14.8 Å². The van der Waals surface area contributed by atoms with Crippen LogP contribution in [0.25, 0.3) is 0 Å². The summed E-state index contributed by atoms with van der Waals surface area (Å²) in [5, 5.41) is 24.9. The molecule has 0 bridgehead atoms. The minimum atomic E-state index is -2.74. The van der Waals surface area contributed by atoms with Gasteiger partial charge in [0.05, 0.1) is 12.3 Å². The van der Waals surface area contributed by atoms with Crippen molar-refractivity contribution in [3.05, 3.63) is 16.7 Å². The molecule has 1 aliphatic rings. The lowest BCUT2D eigenvalue weighted by Crippen LogP contribution is -2.46. The fourth-order valence-electron chi connectivity index (χ4n) is 2.05. The van der Waals surface area contributed by atoms with E-state index in [9.17, 15) is 19.4 Å². The zero-order chi connectivity index (χ0) is 15.8. The van der Waals surface area contributed by atoms with Gasteiger partial charge in [0.15, 0.2) is 0 Å². The topological polar surface area (TPSA) is 123 Å². The number of anilines is 1. The smallest absolute Gasteiger partial charge is 0.368 e. The predicted molar refractivity (Wildman–Crippen MR) is 69.8 cm³/mol. The first-order valence-corrected chi connectivity index (χ1v) is 6.23. The molecule has 1 aromatic heterocycles. The second-order valence-corrected chi connectivity index (χ2v) is 4.72. The average Bonchev–Trinajstić information content (AvgIpc) is 2.64. The summed E-state index contributed by atoms with van der Waals surface area (Å²) in [7, 11) is 0. The van der Waals surface area contributed by atoms with Crippen molar-refractivity contribution >= 4 is 17.4 Å². The summed E-state index contributed by atoms with van der Waals surface area (Å²) >= 11 is 5.21. The second kappa shape index (κ2) is 5.57. The molecule has 8 nitrogen and oxygen atoms in total. The Bertz CT molecular complexity index is 658. The summed E-state index contributed by atoms with van der Waals surface area (Å²) in [6.45, 7) is 1.29. The van der Waals surface area contributed by atoms with Crippen molar-refractivity contribution in [2.45, 2.75) is 37.1 Å². The van der Waals surface area contributed by atoms with E-state index in [2.05, 4.69) is 10.1 Å². The molecule has 0 saturated carbocycles. The molecule has 1 unspecified atom stereocenters. The molecule has 1 saturated heterocycles. The van der Waals surface area contributed by atoms with Crippen molar-refractivity contribution in [3.8, 4) is 11.3 Å². The molecule has 0 aromatic carbocycles. The van der Waals surface area contributed by atoms with E-state index in [-0.39, 0.29) is 5.82 Å². The summed E-state index contributed by atoms with van der Waals surface area (Å²) in [6, 6.07) is 0. The molecule has 1 fully saturated rings.